The number of carbonyl (C=O) groups is 1. The van der Waals surface area contributed by atoms with E-state index in [1.54, 1.807) is 12.1 Å². The number of amides is 1. The average Bonchev–Trinajstić information content (AvgIpc) is 2.53. The van der Waals surface area contributed by atoms with Gasteiger partial charge >= 0.3 is 0 Å². The molecule has 0 bridgehead atoms. The molecule has 1 amide bonds. The van der Waals surface area contributed by atoms with Gasteiger partial charge in [0.1, 0.15) is 5.69 Å². The maximum atomic E-state index is 11.8. The van der Waals surface area contributed by atoms with Gasteiger partial charge in [0.25, 0.3) is 11.6 Å². The van der Waals surface area contributed by atoms with Gasteiger partial charge in [0.15, 0.2) is 0 Å². The maximum Gasteiger partial charge on any atom is 0.293 e. The van der Waals surface area contributed by atoms with E-state index in [0.717, 1.165) is 5.69 Å². The first kappa shape index (κ1) is 15.1. The summed E-state index contributed by atoms with van der Waals surface area (Å²) in [5, 5.41) is 16.6. The quantitative estimate of drug-likeness (QED) is 0.504. The van der Waals surface area contributed by atoms with E-state index in [0.29, 0.717) is 5.69 Å². The lowest BCUT2D eigenvalue weighted by Crippen LogP contribution is -2.23. The minimum Gasteiger partial charge on any atom is -0.350 e. The number of terminal acetylenes is 1. The number of para-hydroxylation sites is 1. The molecule has 22 heavy (non-hydrogen) atoms. The van der Waals surface area contributed by atoms with Gasteiger partial charge in [-0.1, -0.05) is 24.1 Å². The van der Waals surface area contributed by atoms with Crippen molar-refractivity contribution in [3.8, 4) is 12.3 Å². The number of hydrogen-bond acceptors (Lipinski definition) is 4. The van der Waals surface area contributed by atoms with E-state index in [1.165, 1.54) is 18.2 Å². The highest BCUT2D eigenvalue weighted by Gasteiger charge is 2.17. The third-order valence-electron chi connectivity index (χ3n) is 2.86. The van der Waals surface area contributed by atoms with Gasteiger partial charge in [0.2, 0.25) is 0 Å². The number of benzene rings is 2. The van der Waals surface area contributed by atoms with Crippen LogP contribution in [0.15, 0.2) is 48.5 Å². The van der Waals surface area contributed by atoms with Gasteiger partial charge < -0.3 is 10.6 Å². The van der Waals surface area contributed by atoms with E-state index in [2.05, 4.69) is 16.6 Å². The molecule has 2 N–H and O–H groups in total. The zero-order valence-corrected chi connectivity index (χ0v) is 11.6. The average molecular weight is 295 g/mol. The monoisotopic (exact) mass is 295 g/mol. The van der Waals surface area contributed by atoms with Crippen molar-refractivity contribution in [1.29, 1.82) is 0 Å². The van der Waals surface area contributed by atoms with E-state index >= 15 is 0 Å². The molecule has 0 radical (unpaired) electrons. The molecule has 0 unspecified atom stereocenters. The lowest BCUT2D eigenvalue weighted by atomic mass is 10.1. The molecule has 2 aromatic rings. The van der Waals surface area contributed by atoms with E-state index in [-0.39, 0.29) is 17.8 Å². The summed E-state index contributed by atoms with van der Waals surface area (Å²) in [5.74, 6) is 1.82. The number of nitrogens with one attached hydrogen (secondary N) is 2. The summed E-state index contributed by atoms with van der Waals surface area (Å²) in [7, 11) is 0. The van der Waals surface area contributed by atoms with Crippen LogP contribution in [-0.4, -0.2) is 17.4 Å². The number of rotatable bonds is 5. The van der Waals surface area contributed by atoms with E-state index < -0.39 is 10.8 Å². The predicted molar refractivity (Wildman–Crippen MR) is 84.0 cm³/mol. The first-order chi connectivity index (χ1) is 10.6. The Kier molecular flexibility index (Phi) is 4.73. The molecular weight excluding hydrogens is 282 g/mol. The van der Waals surface area contributed by atoms with Crippen LogP contribution in [-0.2, 0) is 0 Å². The molecule has 2 aromatic carbocycles. The van der Waals surface area contributed by atoms with E-state index in [1.807, 2.05) is 18.2 Å². The molecule has 0 saturated carbocycles. The molecule has 0 fully saturated rings. The molecule has 6 nitrogen and oxygen atoms in total. The normalized spacial score (nSPS) is 9.59. The Morgan fingerprint density at radius 2 is 1.95 bits per heavy atom. The van der Waals surface area contributed by atoms with Crippen LogP contribution >= 0.6 is 0 Å². The number of nitro groups is 1. The number of hydrogen-bond donors (Lipinski definition) is 2. The third kappa shape index (κ3) is 3.61. The highest BCUT2D eigenvalue weighted by Crippen LogP contribution is 2.28. The Labute approximate surface area is 127 Å². The molecule has 0 saturated heterocycles. The second kappa shape index (κ2) is 6.90. The molecule has 0 aliphatic rings. The topological polar surface area (TPSA) is 84.3 Å². The molecule has 0 spiro atoms. The van der Waals surface area contributed by atoms with Gasteiger partial charge in [-0.15, -0.1) is 6.42 Å². The second-order valence-electron chi connectivity index (χ2n) is 4.37. The summed E-state index contributed by atoms with van der Waals surface area (Å²) < 4.78 is 0. The van der Waals surface area contributed by atoms with Gasteiger partial charge in [-0.05, 0) is 24.3 Å². The zero-order valence-electron chi connectivity index (χ0n) is 11.6. The van der Waals surface area contributed by atoms with Gasteiger partial charge in [0, 0.05) is 17.3 Å². The van der Waals surface area contributed by atoms with Gasteiger partial charge in [-0.2, -0.15) is 0 Å². The van der Waals surface area contributed by atoms with Crippen molar-refractivity contribution in [3.63, 3.8) is 0 Å². The standard InChI is InChI=1S/C16H13N3O3/c1-2-10-17-16(20)12-8-9-14(15(11-12)19(21)22)18-13-6-4-3-5-7-13/h1,3-9,11,18H,10H2,(H,17,20). The fraction of sp³-hybridized carbons (Fsp3) is 0.0625. The summed E-state index contributed by atoms with van der Waals surface area (Å²) in [6.45, 7) is 0.0661. The van der Waals surface area contributed by atoms with Crippen LogP contribution in [0.2, 0.25) is 0 Å². The Hall–Kier alpha value is -3.33. The SMILES string of the molecule is C#CCNC(=O)c1ccc(Nc2ccccc2)c([N+](=O)[O-])c1. The summed E-state index contributed by atoms with van der Waals surface area (Å²) >= 11 is 0. The predicted octanol–water partition coefficient (Wildman–Crippen LogP) is 2.70. The summed E-state index contributed by atoms with van der Waals surface area (Å²) in [6.07, 6.45) is 5.06. The lowest BCUT2D eigenvalue weighted by Gasteiger charge is -2.08. The van der Waals surface area contributed by atoms with Crippen LogP contribution in [0.4, 0.5) is 17.1 Å². The van der Waals surface area contributed by atoms with Crippen molar-refractivity contribution in [2.75, 3.05) is 11.9 Å². The van der Waals surface area contributed by atoms with Crippen molar-refractivity contribution >= 4 is 23.0 Å². The molecule has 2 rings (SSSR count). The molecule has 110 valence electrons. The third-order valence-corrected chi connectivity index (χ3v) is 2.86. The summed E-state index contributed by atoms with van der Waals surface area (Å²) in [5.41, 5.74) is 1.03. The Morgan fingerprint density at radius 1 is 1.23 bits per heavy atom. The van der Waals surface area contributed by atoms with Crippen LogP contribution < -0.4 is 10.6 Å². The van der Waals surface area contributed by atoms with Crippen LogP contribution in [0.3, 0.4) is 0 Å². The first-order valence-corrected chi connectivity index (χ1v) is 6.44. The van der Waals surface area contributed by atoms with Crippen molar-refractivity contribution in [2.24, 2.45) is 0 Å². The molecule has 0 aliphatic heterocycles. The van der Waals surface area contributed by atoms with Crippen LogP contribution in [0.1, 0.15) is 10.4 Å². The van der Waals surface area contributed by atoms with Crippen molar-refractivity contribution in [1.82, 2.24) is 5.32 Å². The molecule has 6 heteroatoms. The molecule has 0 atom stereocenters. The smallest absolute Gasteiger partial charge is 0.293 e. The minimum absolute atomic E-state index is 0.0661. The highest BCUT2D eigenvalue weighted by atomic mass is 16.6. The van der Waals surface area contributed by atoms with Crippen molar-refractivity contribution in [3.05, 3.63) is 64.2 Å². The van der Waals surface area contributed by atoms with Crippen molar-refractivity contribution < 1.29 is 9.72 Å². The van der Waals surface area contributed by atoms with Crippen LogP contribution in [0.25, 0.3) is 0 Å². The number of anilines is 2. The molecule has 0 aromatic heterocycles. The largest absolute Gasteiger partial charge is 0.350 e. The molecule has 0 aliphatic carbocycles. The number of nitro benzene ring substituents is 1. The summed E-state index contributed by atoms with van der Waals surface area (Å²) in [4.78, 5) is 22.5. The van der Waals surface area contributed by atoms with Gasteiger partial charge in [0.05, 0.1) is 11.5 Å². The van der Waals surface area contributed by atoms with Crippen LogP contribution in [0, 0.1) is 22.5 Å². The Balaban J connectivity index is 2.30. The van der Waals surface area contributed by atoms with Gasteiger partial charge in [-0.3, -0.25) is 14.9 Å². The lowest BCUT2D eigenvalue weighted by molar-refractivity contribution is -0.383. The minimum atomic E-state index is -0.538. The van der Waals surface area contributed by atoms with Gasteiger partial charge in [-0.25, -0.2) is 0 Å². The Morgan fingerprint density at radius 3 is 2.59 bits per heavy atom. The first-order valence-electron chi connectivity index (χ1n) is 6.44. The maximum absolute atomic E-state index is 11.8. The zero-order chi connectivity index (χ0) is 15.9. The van der Waals surface area contributed by atoms with E-state index in [9.17, 15) is 14.9 Å². The second-order valence-corrected chi connectivity index (χ2v) is 4.37. The molecular formula is C16H13N3O3. The van der Waals surface area contributed by atoms with Crippen LogP contribution in [0.5, 0.6) is 0 Å². The Bertz CT molecular complexity index is 736. The fourth-order valence-corrected chi connectivity index (χ4v) is 1.84. The van der Waals surface area contributed by atoms with E-state index in [4.69, 9.17) is 6.42 Å². The highest BCUT2D eigenvalue weighted by molar-refractivity contribution is 5.96. The molecule has 0 heterocycles. The summed E-state index contributed by atoms with van der Waals surface area (Å²) in [6, 6.07) is 13.3. The number of carbonyl (C=O) groups excluding carboxylic acids is 1. The van der Waals surface area contributed by atoms with Crippen molar-refractivity contribution in [2.45, 2.75) is 0 Å². The fourth-order valence-electron chi connectivity index (χ4n) is 1.84. The number of nitrogens with zero attached hydrogens (tertiary/aromatic N) is 1.